The van der Waals surface area contributed by atoms with Crippen molar-refractivity contribution in [3.63, 3.8) is 0 Å². The molecule has 1 aromatic heterocycles. The van der Waals surface area contributed by atoms with Crippen LogP contribution in [0.15, 0.2) is 18.5 Å². The summed E-state index contributed by atoms with van der Waals surface area (Å²) in [5.41, 5.74) is 1.95. The molecule has 1 aromatic rings. The van der Waals surface area contributed by atoms with E-state index < -0.39 is 0 Å². The summed E-state index contributed by atoms with van der Waals surface area (Å²) in [5, 5.41) is 11.3. The Hall–Kier alpha value is -1.29. The van der Waals surface area contributed by atoms with E-state index in [9.17, 15) is 4.39 Å². The number of rotatable bonds is 7. The molecule has 2 N–H and O–H groups in total. The summed E-state index contributed by atoms with van der Waals surface area (Å²) < 4.78 is 13.3. The number of aromatic nitrogens is 1. The van der Waals surface area contributed by atoms with Crippen LogP contribution in [0, 0.1) is 17.1 Å². The second-order valence-corrected chi connectivity index (χ2v) is 7.69. The molecule has 1 fully saturated rings. The van der Waals surface area contributed by atoms with E-state index in [1.54, 1.807) is 12.3 Å². The number of pyridine rings is 1. The van der Waals surface area contributed by atoms with Gasteiger partial charge >= 0.3 is 0 Å². The number of hydrogen-bond acceptors (Lipinski definition) is 3. The van der Waals surface area contributed by atoms with E-state index in [0.29, 0.717) is 0 Å². The summed E-state index contributed by atoms with van der Waals surface area (Å²) in [6.07, 6.45) is 9.70. The van der Waals surface area contributed by atoms with Crippen LogP contribution in [-0.2, 0) is 0 Å². The fraction of sp³-hybridized carbons (Fsp3) is 0.684. The molecule has 1 aliphatic carbocycles. The predicted octanol–water partition coefficient (Wildman–Crippen LogP) is 4.68. The lowest BCUT2D eigenvalue weighted by Gasteiger charge is -2.31. The number of nitrogens with one attached hydrogen (secondary N) is 2. The summed E-state index contributed by atoms with van der Waals surface area (Å²) in [7, 11) is 0. The predicted molar refractivity (Wildman–Crippen MR) is 93.6 cm³/mol. The average molecular weight is 319 g/mol. The van der Waals surface area contributed by atoms with E-state index in [-0.39, 0.29) is 17.3 Å². The second kappa shape index (κ2) is 8.00. The second-order valence-electron chi connectivity index (χ2n) is 7.69. The largest absolute Gasteiger partial charge is 0.311 e. The molecule has 0 amide bonds. The van der Waals surface area contributed by atoms with Gasteiger partial charge < -0.3 is 10.7 Å². The molecule has 0 aromatic carbocycles. The summed E-state index contributed by atoms with van der Waals surface area (Å²) in [6.45, 7) is 7.42. The van der Waals surface area contributed by atoms with Crippen molar-refractivity contribution in [2.75, 3.05) is 6.54 Å². The monoisotopic (exact) mass is 319 g/mol. The van der Waals surface area contributed by atoms with Gasteiger partial charge in [0, 0.05) is 24.0 Å². The molecule has 1 atom stereocenters. The first-order valence-electron chi connectivity index (χ1n) is 8.77. The van der Waals surface area contributed by atoms with Crippen LogP contribution in [0.4, 0.5) is 4.39 Å². The van der Waals surface area contributed by atoms with Crippen molar-refractivity contribution in [2.24, 2.45) is 5.92 Å². The third-order valence-electron chi connectivity index (χ3n) is 5.07. The van der Waals surface area contributed by atoms with Crippen molar-refractivity contribution in [2.45, 2.75) is 70.8 Å². The third-order valence-corrected chi connectivity index (χ3v) is 5.07. The van der Waals surface area contributed by atoms with E-state index in [1.165, 1.54) is 25.5 Å². The van der Waals surface area contributed by atoms with E-state index in [2.05, 4.69) is 31.1 Å². The Balaban J connectivity index is 1.75. The quantitative estimate of drug-likeness (QED) is 0.766. The van der Waals surface area contributed by atoms with Gasteiger partial charge in [-0.15, -0.1) is 0 Å². The van der Waals surface area contributed by atoms with Crippen LogP contribution in [0.5, 0.6) is 0 Å². The smallest absolute Gasteiger partial charge is 0.141 e. The summed E-state index contributed by atoms with van der Waals surface area (Å²) >= 11 is 0. The average Bonchev–Trinajstić information content (AvgIpc) is 2.52. The molecule has 0 radical (unpaired) electrons. The lowest BCUT2D eigenvalue weighted by molar-refractivity contribution is 0.298. The highest BCUT2D eigenvalue weighted by molar-refractivity contribution is 5.81. The summed E-state index contributed by atoms with van der Waals surface area (Å²) in [6, 6.07) is 1.57. The summed E-state index contributed by atoms with van der Waals surface area (Å²) in [4.78, 5) is 3.93. The van der Waals surface area contributed by atoms with Crippen molar-refractivity contribution >= 4 is 5.71 Å². The van der Waals surface area contributed by atoms with Gasteiger partial charge in [-0.2, -0.15) is 0 Å². The molecule has 23 heavy (non-hydrogen) atoms. The molecule has 128 valence electrons. The van der Waals surface area contributed by atoms with Gasteiger partial charge in [-0.25, -0.2) is 4.39 Å². The van der Waals surface area contributed by atoms with E-state index in [1.807, 2.05) is 0 Å². The highest BCUT2D eigenvalue weighted by Crippen LogP contribution is 2.28. The minimum absolute atomic E-state index is 0.0833. The SMILES string of the molecule is C[C@@H](CNC(C)(C)CCC1CCC(=N)CC1)c1cncc(F)c1. The fourth-order valence-corrected chi connectivity index (χ4v) is 3.21. The Labute approximate surface area is 139 Å². The molecule has 1 aliphatic rings. The number of halogens is 1. The molecule has 0 aliphatic heterocycles. The Kier molecular flexibility index (Phi) is 6.28. The zero-order valence-electron chi connectivity index (χ0n) is 14.7. The van der Waals surface area contributed by atoms with Crippen molar-refractivity contribution in [1.29, 1.82) is 5.41 Å². The Bertz CT molecular complexity index is 517. The van der Waals surface area contributed by atoms with Gasteiger partial charge in [0.05, 0.1) is 6.20 Å². The maximum Gasteiger partial charge on any atom is 0.141 e. The van der Waals surface area contributed by atoms with Crippen molar-refractivity contribution in [3.05, 3.63) is 29.8 Å². The van der Waals surface area contributed by atoms with Crippen molar-refractivity contribution < 1.29 is 4.39 Å². The van der Waals surface area contributed by atoms with Gasteiger partial charge in [-0.3, -0.25) is 4.98 Å². The van der Waals surface area contributed by atoms with E-state index in [0.717, 1.165) is 43.0 Å². The zero-order chi connectivity index (χ0) is 16.9. The molecule has 1 heterocycles. The van der Waals surface area contributed by atoms with Gasteiger partial charge in [0.1, 0.15) is 5.82 Å². The van der Waals surface area contributed by atoms with E-state index in [4.69, 9.17) is 5.41 Å². The summed E-state index contributed by atoms with van der Waals surface area (Å²) in [5.74, 6) is 0.749. The molecular formula is C19H30FN3. The van der Waals surface area contributed by atoms with Crippen LogP contribution in [0.3, 0.4) is 0 Å². The molecule has 4 heteroatoms. The minimum Gasteiger partial charge on any atom is -0.311 e. The minimum atomic E-state index is -0.267. The third kappa shape index (κ3) is 6.02. The van der Waals surface area contributed by atoms with Gasteiger partial charge in [0.25, 0.3) is 0 Å². The zero-order valence-corrected chi connectivity index (χ0v) is 14.7. The lowest BCUT2D eigenvalue weighted by atomic mass is 9.82. The highest BCUT2D eigenvalue weighted by atomic mass is 19.1. The van der Waals surface area contributed by atoms with Crippen LogP contribution in [0.2, 0.25) is 0 Å². The van der Waals surface area contributed by atoms with Gasteiger partial charge in [0.15, 0.2) is 0 Å². The van der Waals surface area contributed by atoms with Crippen LogP contribution in [0.25, 0.3) is 0 Å². The Morgan fingerprint density at radius 1 is 1.35 bits per heavy atom. The molecular weight excluding hydrogens is 289 g/mol. The Morgan fingerprint density at radius 2 is 2.04 bits per heavy atom. The fourth-order valence-electron chi connectivity index (χ4n) is 3.21. The molecule has 0 unspecified atom stereocenters. The highest BCUT2D eigenvalue weighted by Gasteiger charge is 2.23. The lowest BCUT2D eigenvalue weighted by Crippen LogP contribution is -2.41. The van der Waals surface area contributed by atoms with Crippen LogP contribution in [-0.4, -0.2) is 22.8 Å². The van der Waals surface area contributed by atoms with Crippen molar-refractivity contribution in [1.82, 2.24) is 10.3 Å². The number of hydrogen-bond donors (Lipinski definition) is 2. The molecule has 2 rings (SSSR count). The van der Waals surface area contributed by atoms with Crippen LogP contribution in [0.1, 0.15) is 70.8 Å². The normalized spacial score (nSPS) is 20.5. The van der Waals surface area contributed by atoms with E-state index >= 15 is 0 Å². The maximum atomic E-state index is 13.3. The first-order valence-corrected chi connectivity index (χ1v) is 8.77. The standard InChI is InChI=1S/C19H30FN3/c1-14(16-10-17(20)13-22-12-16)11-23-19(2,3)9-8-15-4-6-18(21)7-5-15/h10,12-15,21,23H,4-9,11H2,1-3H3/t14-,15?/m0/s1. The van der Waals surface area contributed by atoms with Crippen LogP contribution < -0.4 is 5.32 Å². The molecule has 0 saturated heterocycles. The molecule has 0 spiro atoms. The van der Waals surface area contributed by atoms with Crippen LogP contribution >= 0.6 is 0 Å². The van der Waals surface area contributed by atoms with Crippen molar-refractivity contribution in [3.8, 4) is 0 Å². The first kappa shape index (κ1) is 18.1. The molecule has 3 nitrogen and oxygen atoms in total. The van der Waals surface area contributed by atoms with Gasteiger partial charge in [0.2, 0.25) is 0 Å². The maximum absolute atomic E-state index is 13.3. The first-order chi connectivity index (χ1) is 10.9. The molecule has 0 bridgehead atoms. The van der Waals surface area contributed by atoms with Gasteiger partial charge in [-0.05, 0) is 75.8 Å². The Morgan fingerprint density at radius 3 is 2.70 bits per heavy atom. The number of nitrogens with zero attached hydrogens (tertiary/aromatic N) is 1. The topological polar surface area (TPSA) is 48.8 Å². The van der Waals surface area contributed by atoms with Gasteiger partial charge in [-0.1, -0.05) is 6.92 Å². The molecule has 1 saturated carbocycles.